The summed E-state index contributed by atoms with van der Waals surface area (Å²) in [7, 11) is 2.06. The summed E-state index contributed by atoms with van der Waals surface area (Å²) in [6.07, 6.45) is 5.57. The smallest absolute Gasteiger partial charge is 0.126 e. The van der Waals surface area contributed by atoms with E-state index in [-0.39, 0.29) is 5.82 Å². The highest BCUT2D eigenvalue weighted by Gasteiger charge is 2.22. The highest BCUT2D eigenvalue weighted by atomic mass is 19.1. The largest absolute Gasteiger partial charge is 0.389 e. The normalized spacial score (nSPS) is 18.4. The topological polar surface area (TPSA) is 23.5 Å². The molecule has 1 aromatic carbocycles. The van der Waals surface area contributed by atoms with Gasteiger partial charge in [0.05, 0.1) is 6.10 Å². The van der Waals surface area contributed by atoms with Crippen LogP contribution in [-0.4, -0.2) is 18.2 Å². The van der Waals surface area contributed by atoms with Crippen LogP contribution in [0.5, 0.6) is 0 Å². The minimum atomic E-state index is -0.642. The van der Waals surface area contributed by atoms with E-state index in [4.69, 9.17) is 0 Å². The molecule has 2 rings (SSSR count). The van der Waals surface area contributed by atoms with Gasteiger partial charge in [0.15, 0.2) is 0 Å². The van der Waals surface area contributed by atoms with Gasteiger partial charge in [-0.15, -0.1) is 0 Å². The first-order chi connectivity index (χ1) is 9.00. The maximum atomic E-state index is 13.7. The van der Waals surface area contributed by atoms with Crippen molar-refractivity contribution in [3.63, 3.8) is 0 Å². The fraction of sp³-hybridized carbons (Fsp3) is 0.625. The van der Waals surface area contributed by atoms with E-state index in [1.165, 1.54) is 38.2 Å². The molecule has 0 unspecified atom stereocenters. The average molecular weight is 265 g/mol. The standard InChI is InChI=1S/C16H24FNO/c1-11-9-16(14(12(2)19)10-15(11)17)18(3)13-7-5-4-6-8-13/h9-10,12-13,19H,4-8H2,1-3H3/t12-/m1/s1. The van der Waals surface area contributed by atoms with Crippen molar-refractivity contribution in [2.24, 2.45) is 0 Å². The van der Waals surface area contributed by atoms with E-state index in [0.29, 0.717) is 17.2 Å². The van der Waals surface area contributed by atoms with Crippen molar-refractivity contribution in [1.29, 1.82) is 0 Å². The molecule has 0 aliphatic heterocycles. The summed E-state index contributed by atoms with van der Waals surface area (Å²) in [6, 6.07) is 3.86. The first kappa shape index (κ1) is 14.3. The van der Waals surface area contributed by atoms with E-state index in [2.05, 4.69) is 11.9 Å². The molecule has 0 saturated heterocycles. The Kier molecular flexibility index (Phi) is 4.46. The van der Waals surface area contributed by atoms with E-state index in [1.807, 2.05) is 6.07 Å². The summed E-state index contributed by atoms with van der Waals surface area (Å²) >= 11 is 0. The van der Waals surface area contributed by atoms with Crippen LogP contribution < -0.4 is 4.90 Å². The SMILES string of the molecule is Cc1cc(N(C)C2CCCCC2)c([C@@H](C)O)cc1F. The second-order valence-corrected chi connectivity index (χ2v) is 5.74. The Morgan fingerprint density at radius 1 is 1.26 bits per heavy atom. The zero-order valence-corrected chi connectivity index (χ0v) is 12.1. The van der Waals surface area contributed by atoms with Crippen molar-refractivity contribution in [2.45, 2.75) is 58.1 Å². The Bertz CT molecular complexity index is 439. The van der Waals surface area contributed by atoms with Crippen LogP contribution in [-0.2, 0) is 0 Å². The molecule has 1 aromatic rings. The van der Waals surface area contributed by atoms with Crippen LogP contribution in [0.3, 0.4) is 0 Å². The number of nitrogens with zero attached hydrogens (tertiary/aromatic N) is 1. The fourth-order valence-electron chi connectivity index (χ4n) is 2.99. The lowest BCUT2D eigenvalue weighted by Crippen LogP contribution is -2.34. The van der Waals surface area contributed by atoms with Gasteiger partial charge in [-0.05, 0) is 44.4 Å². The lowest BCUT2D eigenvalue weighted by Gasteiger charge is -2.35. The van der Waals surface area contributed by atoms with E-state index in [0.717, 1.165) is 5.69 Å². The Morgan fingerprint density at radius 3 is 2.47 bits per heavy atom. The average Bonchev–Trinajstić information content (AvgIpc) is 2.41. The predicted octanol–water partition coefficient (Wildman–Crippen LogP) is 3.96. The molecule has 1 aliphatic rings. The number of rotatable bonds is 3. The number of halogens is 1. The molecule has 1 N–H and O–H groups in total. The molecule has 0 aromatic heterocycles. The third-order valence-electron chi connectivity index (χ3n) is 4.26. The number of aliphatic hydroxyl groups excluding tert-OH is 1. The van der Waals surface area contributed by atoms with Gasteiger partial charge < -0.3 is 10.0 Å². The van der Waals surface area contributed by atoms with Crippen molar-refractivity contribution >= 4 is 5.69 Å². The van der Waals surface area contributed by atoms with E-state index >= 15 is 0 Å². The van der Waals surface area contributed by atoms with Crippen LogP contribution >= 0.6 is 0 Å². The molecular weight excluding hydrogens is 241 g/mol. The molecule has 0 heterocycles. The fourth-order valence-corrected chi connectivity index (χ4v) is 2.99. The minimum Gasteiger partial charge on any atom is -0.389 e. The quantitative estimate of drug-likeness (QED) is 0.894. The van der Waals surface area contributed by atoms with Crippen LogP contribution in [0.25, 0.3) is 0 Å². The molecule has 0 amide bonds. The Morgan fingerprint density at radius 2 is 1.89 bits per heavy atom. The maximum Gasteiger partial charge on any atom is 0.126 e. The van der Waals surface area contributed by atoms with Gasteiger partial charge in [0.2, 0.25) is 0 Å². The summed E-state index contributed by atoms with van der Waals surface area (Å²) in [4.78, 5) is 2.23. The summed E-state index contributed by atoms with van der Waals surface area (Å²) < 4.78 is 13.7. The maximum absolute atomic E-state index is 13.7. The lowest BCUT2D eigenvalue weighted by atomic mass is 9.93. The van der Waals surface area contributed by atoms with Crippen molar-refractivity contribution < 1.29 is 9.50 Å². The summed E-state index contributed by atoms with van der Waals surface area (Å²) in [6.45, 7) is 3.47. The van der Waals surface area contributed by atoms with E-state index in [9.17, 15) is 9.50 Å². The molecule has 0 spiro atoms. The van der Waals surface area contributed by atoms with Crippen LogP contribution in [0, 0.1) is 12.7 Å². The highest BCUT2D eigenvalue weighted by Crippen LogP contribution is 2.33. The summed E-state index contributed by atoms with van der Waals surface area (Å²) in [5.74, 6) is -0.239. The van der Waals surface area contributed by atoms with Crippen LogP contribution in [0.1, 0.15) is 56.3 Å². The van der Waals surface area contributed by atoms with Crippen LogP contribution in [0.4, 0.5) is 10.1 Å². The van der Waals surface area contributed by atoms with Crippen molar-refractivity contribution in [2.75, 3.05) is 11.9 Å². The second kappa shape index (κ2) is 5.91. The molecule has 0 radical (unpaired) electrons. The number of anilines is 1. The molecule has 2 nitrogen and oxygen atoms in total. The molecule has 3 heteroatoms. The number of aryl methyl sites for hydroxylation is 1. The van der Waals surface area contributed by atoms with Gasteiger partial charge in [-0.1, -0.05) is 19.3 Å². The second-order valence-electron chi connectivity index (χ2n) is 5.74. The molecular formula is C16H24FNO. The van der Waals surface area contributed by atoms with Crippen LogP contribution in [0.2, 0.25) is 0 Å². The molecule has 106 valence electrons. The first-order valence-electron chi connectivity index (χ1n) is 7.21. The highest BCUT2D eigenvalue weighted by molar-refractivity contribution is 5.57. The predicted molar refractivity (Wildman–Crippen MR) is 77.0 cm³/mol. The zero-order valence-electron chi connectivity index (χ0n) is 12.1. The Hall–Kier alpha value is -1.09. The third kappa shape index (κ3) is 3.08. The van der Waals surface area contributed by atoms with E-state index < -0.39 is 6.10 Å². The minimum absolute atomic E-state index is 0.239. The Labute approximate surface area is 115 Å². The molecule has 1 fully saturated rings. The van der Waals surface area contributed by atoms with Crippen molar-refractivity contribution in [1.82, 2.24) is 0 Å². The van der Waals surface area contributed by atoms with Gasteiger partial charge in [-0.2, -0.15) is 0 Å². The number of aliphatic hydroxyl groups is 1. The van der Waals surface area contributed by atoms with E-state index in [1.54, 1.807) is 13.8 Å². The monoisotopic (exact) mass is 265 g/mol. The summed E-state index contributed by atoms with van der Waals surface area (Å²) in [5.41, 5.74) is 2.30. The molecule has 1 atom stereocenters. The first-order valence-corrected chi connectivity index (χ1v) is 7.21. The van der Waals surface area contributed by atoms with Crippen LogP contribution in [0.15, 0.2) is 12.1 Å². The molecule has 0 bridgehead atoms. The van der Waals surface area contributed by atoms with Gasteiger partial charge in [0, 0.05) is 24.3 Å². The van der Waals surface area contributed by atoms with Gasteiger partial charge in [0.25, 0.3) is 0 Å². The Balaban J connectivity index is 2.33. The third-order valence-corrected chi connectivity index (χ3v) is 4.26. The molecule has 1 saturated carbocycles. The molecule has 19 heavy (non-hydrogen) atoms. The zero-order chi connectivity index (χ0) is 14.0. The van der Waals surface area contributed by atoms with Gasteiger partial charge in [-0.25, -0.2) is 4.39 Å². The number of hydrogen-bond acceptors (Lipinski definition) is 2. The lowest BCUT2D eigenvalue weighted by molar-refractivity contribution is 0.199. The summed E-state index contributed by atoms with van der Waals surface area (Å²) in [5, 5.41) is 9.87. The number of hydrogen-bond donors (Lipinski definition) is 1. The van der Waals surface area contributed by atoms with Gasteiger partial charge in [0.1, 0.15) is 5.82 Å². The number of benzene rings is 1. The van der Waals surface area contributed by atoms with Crippen molar-refractivity contribution in [3.8, 4) is 0 Å². The van der Waals surface area contributed by atoms with Gasteiger partial charge in [-0.3, -0.25) is 0 Å². The molecule has 1 aliphatic carbocycles. The van der Waals surface area contributed by atoms with Crippen molar-refractivity contribution in [3.05, 3.63) is 29.1 Å². The van der Waals surface area contributed by atoms with Gasteiger partial charge >= 0.3 is 0 Å².